The van der Waals surface area contributed by atoms with E-state index in [1.807, 2.05) is 89.2 Å². The number of anilines is 2. The first-order valence-electron chi connectivity index (χ1n) is 39.7. The van der Waals surface area contributed by atoms with Crippen LogP contribution in [0.5, 0.6) is 23.0 Å². The summed E-state index contributed by atoms with van der Waals surface area (Å²) >= 11 is 2.54. The second-order valence-corrected chi connectivity index (χ2v) is 37.4. The van der Waals surface area contributed by atoms with Crippen LogP contribution in [0, 0.1) is 33.5 Å². The predicted octanol–water partition coefficient (Wildman–Crippen LogP) is 9.55. The molecule has 31 nitrogen and oxygen atoms in total. The zero-order valence-electron chi connectivity index (χ0n) is 70.8. The van der Waals surface area contributed by atoms with Crippen LogP contribution in [-0.2, 0) is 52.6 Å². The van der Waals surface area contributed by atoms with Gasteiger partial charge in [0.2, 0.25) is 35.4 Å². The molecule has 8 amide bonds. The van der Waals surface area contributed by atoms with Crippen LogP contribution in [-0.4, -0.2) is 194 Å². The van der Waals surface area contributed by atoms with Crippen molar-refractivity contribution >= 4 is 114 Å². The molecule has 6 aliphatic rings. The van der Waals surface area contributed by atoms with Crippen molar-refractivity contribution in [2.24, 2.45) is 33.5 Å². The molecule has 2 aromatic carbocycles. The van der Waals surface area contributed by atoms with Crippen molar-refractivity contribution < 1.29 is 111 Å². The summed E-state index contributed by atoms with van der Waals surface area (Å²) in [5.41, 5.74) is -1.82. The van der Waals surface area contributed by atoms with Crippen molar-refractivity contribution in [3.63, 3.8) is 0 Å². The van der Waals surface area contributed by atoms with Gasteiger partial charge in [0.15, 0.2) is 10.3 Å². The molecular weight excluding hydrogens is 1560 g/mol. The molecule has 12 rings (SSSR count). The fourth-order valence-electron chi connectivity index (χ4n) is 15.4. The summed E-state index contributed by atoms with van der Waals surface area (Å²) in [6, 6.07) is 9.80. The van der Waals surface area contributed by atoms with Crippen molar-refractivity contribution in [2.45, 2.75) is 233 Å². The van der Waals surface area contributed by atoms with E-state index in [1.165, 1.54) is 45.7 Å². The van der Waals surface area contributed by atoms with Gasteiger partial charge in [0.25, 0.3) is 0 Å². The molecule has 6 aromatic rings. The third-order valence-electron chi connectivity index (χ3n) is 21.8. The van der Waals surface area contributed by atoms with Gasteiger partial charge in [0.1, 0.15) is 94.0 Å². The topological polar surface area (TPSA) is 416 Å². The number of hydrogen-bond acceptors (Lipinski definition) is 24. The third kappa shape index (κ3) is 22.6. The van der Waals surface area contributed by atoms with Crippen molar-refractivity contribution in [1.29, 1.82) is 0 Å². The van der Waals surface area contributed by atoms with Crippen molar-refractivity contribution in [3.05, 3.63) is 84.6 Å². The van der Waals surface area contributed by atoms with Gasteiger partial charge in [-0.3, -0.25) is 28.8 Å². The molecule has 0 spiro atoms. The average molecular weight is 1680 g/mol. The number of ether oxygens (including phenoxy) is 7. The van der Waals surface area contributed by atoms with E-state index in [9.17, 15) is 53.1 Å². The number of pyridine rings is 2. The maximum atomic E-state index is 14.7. The molecule has 6 heterocycles. The smallest absolute Gasteiger partial charge is 0.870 e. The first-order valence-corrected chi connectivity index (χ1v) is 41.5. The zero-order chi connectivity index (χ0) is 85.0. The fraction of sp³-hybridized carbons (Fsp3) is 0.553. The van der Waals surface area contributed by atoms with Gasteiger partial charge in [-0.15, -0.1) is 35.8 Å². The molecular formula is C85H111LiN12O19S2. The Kier molecular flexibility index (Phi) is 29.5. The van der Waals surface area contributed by atoms with E-state index >= 15 is 0 Å². The second-order valence-electron chi connectivity index (χ2n) is 35.7. The summed E-state index contributed by atoms with van der Waals surface area (Å²) < 4.78 is 40.8. The summed E-state index contributed by atoms with van der Waals surface area (Å²) in [7, 11) is 4.36. The van der Waals surface area contributed by atoms with Crippen molar-refractivity contribution in [2.75, 3.05) is 45.1 Å². The molecule has 4 saturated carbocycles. The van der Waals surface area contributed by atoms with Crippen LogP contribution in [0.15, 0.2) is 84.6 Å². The van der Waals surface area contributed by atoms with Gasteiger partial charge in [-0.25, -0.2) is 39.1 Å². The number of esters is 1. The summed E-state index contributed by atoms with van der Waals surface area (Å²) in [5.74, 6) is -3.21. The normalized spacial score (nSPS) is 22.0. The Hall–Kier alpha value is -9.94. The zero-order valence-corrected chi connectivity index (χ0v) is 72.4. The maximum Gasteiger partial charge on any atom is 1.00 e. The minimum Gasteiger partial charge on any atom is -0.870 e. The average Bonchev–Trinajstić information content (AvgIpc) is 1.59. The summed E-state index contributed by atoms with van der Waals surface area (Å²) in [5, 5.41) is 32.8. The summed E-state index contributed by atoms with van der Waals surface area (Å²) in [4.78, 5) is 157. The Morgan fingerprint density at radius 3 is 1.26 bits per heavy atom. The number of carboxylic acids is 1. The fourth-order valence-corrected chi connectivity index (χ4v) is 16.9. The number of aromatic nitrogens is 4. The number of fused-ring (bicyclic) bond motifs is 2. The maximum absolute atomic E-state index is 14.7. The first-order chi connectivity index (χ1) is 55.1. The van der Waals surface area contributed by atoms with Crippen LogP contribution >= 0.6 is 22.7 Å². The molecule has 10 atom stereocenters. The molecule has 0 bridgehead atoms. The number of hydrogen-bond donors (Lipinski definition) is 7. The number of likely N-dealkylation sites (tertiary alicyclic amines) is 2. The number of carbonyl (C=O) groups excluding carboxylic acids is 9. The van der Waals surface area contributed by atoms with E-state index in [-0.39, 0.29) is 97.5 Å². The van der Waals surface area contributed by atoms with Gasteiger partial charge < -0.3 is 85.4 Å². The number of benzene rings is 2. The molecule has 2 aliphatic heterocycles. The quantitative estimate of drug-likeness (QED) is 0.0115. The first kappa shape index (κ1) is 92.9. The monoisotopic (exact) mass is 1670 g/mol. The minimum absolute atomic E-state index is 0. The molecule has 4 aliphatic carbocycles. The molecule has 0 radical (unpaired) electrons. The Bertz CT molecular complexity index is 4790. The standard InChI is InChI=1S/C43H56N6O9S.C42H54N6O9S.Li.H2O/c1-10-24-20-43(24,38(53)56-9)48-36(51)32-18-27(22-49(32)37(52)35(42(5,6)7)47-40(54)58-25-13-11-12-14-25)57-33-19-30(44-29-17-26(55-8)15-16-28(29)33)31-23-59-39(45-31)46-34(50)21-41(2,3)4;1-9-23-19-42(23,37(52)53)47-35(50)31-17-26(21-48(31)36(51)34(41(5,6)7)46-39(54)57-24-12-10-11-13-24)56-32-18-29(43-28-16-25(55-8)14-15-27(28)32)30-22-58-38(44-30)45-33(49)20-40(2,3)4;;/h10,15-17,19,23-25,27,32,35H,1,11-14,18,20-22H2,2-9H3,(H,47,54)(H,48,51)(H,45,46,50);9,14-16,18,22-24,26,31,34H,1,10-13,17,19-21H2,2-8H3,(H,46,54)(H,47,50)(H,52,53)(H,44,45,49);;1H2/q;;+1;/p-1/t24-,27-,32+,35-,43-;23-,26-,31+,34-,42-;;/m11../s1. The minimum atomic E-state index is -1.53. The van der Waals surface area contributed by atoms with Crippen LogP contribution in [0.3, 0.4) is 0 Å². The SMILES string of the molecule is C=C[C@@H]1C[C@]1(NC(=O)[C@@H]1C[C@@H](Oc2cc(-c3csc(NC(=O)CC(C)(C)C)n3)nc3cc(OC)ccc23)CN1C(=O)[C@@H](NC(=O)OC1CCCC1)C(C)(C)C)C(=O)O.C=C[C@@H]1C[C@]1(NC(=O)[C@@H]1C[C@@H](Oc2cc(-c3csc(NC(=O)CC(C)(C)C)n3)nc3cc(OC)ccc23)CN1C(=O)[C@@H](NC(=O)OC1CCCC1)C(C)(C)C)C(=O)OC.[Li+].[OH-]. The molecule has 119 heavy (non-hydrogen) atoms. The van der Waals surface area contributed by atoms with Gasteiger partial charge in [-0.1, -0.05) is 95.2 Å². The number of amides is 8. The van der Waals surface area contributed by atoms with Crippen LogP contribution in [0.4, 0.5) is 19.9 Å². The second kappa shape index (κ2) is 37.8. The van der Waals surface area contributed by atoms with Crippen LogP contribution < -0.4 is 69.7 Å². The Morgan fingerprint density at radius 2 is 0.924 bits per heavy atom. The molecule has 4 aromatic heterocycles. The Morgan fingerprint density at radius 1 is 0.546 bits per heavy atom. The van der Waals surface area contributed by atoms with E-state index in [1.54, 1.807) is 73.5 Å². The van der Waals surface area contributed by atoms with E-state index in [4.69, 9.17) is 43.1 Å². The molecule has 638 valence electrons. The number of aliphatic carboxylic acids is 1. The molecule has 0 unspecified atom stereocenters. The number of rotatable bonds is 26. The van der Waals surface area contributed by atoms with Gasteiger partial charge in [0.05, 0.1) is 56.8 Å². The molecule has 6 fully saturated rings. The predicted molar refractivity (Wildman–Crippen MR) is 443 cm³/mol. The summed E-state index contributed by atoms with van der Waals surface area (Å²) in [6.07, 6.45) is 7.85. The van der Waals surface area contributed by atoms with E-state index in [0.29, 0.717) is 97.1 Å². The molecule has 2 saturated heterocycles. The van der Waals surface area contributed by atoms with Crippen molar-refractivity contribution in [3.8, 4) is 45.8 Å². The number of nitrogens with one attached hydrogen (secondary N) is 6. The van der Waals surface area contributed by atoms with Gasteiger partial charge in [-0.2, -0.15) is 0 Å². The number of carboxylic acid groups (broad SMARTS) is 1. The van der Waals surface area contributed by atoms with Crippen molar-refractivity contribution in [1.82, 2.24) is 51.0 Å². The Balaban J connectivity index is 0.000000267. The third-order valence-corrected chi connectivity index (χ3v) is 23.3. The number of thiazole rings is 2. The molecule has 8 N–H and O–H groups in total. The number of carbonyl (C=O) groups is 10. The van der Waals surface area contributed by atoms with Gasteiger partial charge >= 0.3 is 43.0 Å². The van der Waals surface area contributed by atoms with E-state index in [0.717, 1.165) is 51.4 Å². The Labute approximate surface area is 713 Å². The van der Waals surface area contributed by atoms with Crippen LogP contribution in [0.2, 0.25) is 0 Å². The summed E-state index contributed by atoms with van der Waals surface area (Å²) in [6.45, 7) is 30.3. The number of nitrogens with zero attached hydrogens (tertiary/aromatic N) is 6. The van der Waals surface area contributed by atoms with Gasteiger partial charge in [0, 0.05) is 83.3 Å². The van der Waals surface area contributed by atoms with Gasteiger partial charge in [-0.05, 0) is 110 Å². The number of alkyl carbamates (subject to hydrolysis) is 2. The largest absolute Gasteiger partial charge is 1.00 e. The number of methoxy groups -OCH3 is 3. The van der Waals surface area contributed by atoms with Crippen LogP contribution in [0.25, 0.3) is 44.6 Å². The van der Waals surface area contributed by atoms with E-state index < -0.39 is 112 Å². The van der Waals surface area contributed by atoms with Crippen LogP contribution in [0.1, 0.15) is 173 Å². The van der Waals surface area contributed by atoms with E-state index in [2.05, 4.69) is 55.0 Å². The molecule has 34 heteroatoms.